The maximum atomic E-state index is 5.53. The molecular weight excluding hydrogens is 208 g/mol. The number of nitrogens with zero attached hydrogens (tertiary/aromatic N) is 2. The minimum atomic E-state index is -0.291. The van der Waals surface area contributed by atoms with E-state index < -0.39 is 0 Å². The van der Waals surface area contributed by atoms with Gasteiger partial charge in [0.25, 0.3) is 0 Å². The van der Waals surface area contributed by atoms with E-state index in [0.717, 1.165) is 11.2 Å². The van der Waals surface area contributed by atoms with E-state index >= 15 is 0 Å². The van der Waals surface area contributed by atoms with Gasteiger partial charge < -0.3 is 4.74 Å². The number of ether oxygens (including phenoxy) is 1. The lowest BCUT2D eigenvalue weighted by Crippen LogP contribution is -2.23. The maximum Gasteiger partial charge on any atom is 0.106 e. The molecule has 3 nitrogen and oxygen atoms in total. The number of rotatable bonds is 2. The van der Waals surface area contributed by atoms with Crippen LogP contribution in [0.25, 0.3) is 10.2 Å². The van der Waals surface area contributed by atoms with Gasteiger partial charge in [0.05, 0.1) is 10.4 Å². The zero-order valence-corrected chi connectivity index (χ0v) is 10.6. The van der Waals surface area contributed by atoms with Crippen LogP contribution in [-0.2, 0) is 17.4 Å². The van der Waals surface area contributed by atoms with Gasteiger partial charge in [-0.1, -0.05) is 0 Å². The third kappa shape index (κ3) is 1.48. The van der Waals surface area contributed by atoms with E-state index in [1.54, 1.807) is 18.4 Å². The summed E-state index contributed by atoms with van der Waals surface area (Å²) in [7, 11) is 3.71. The van der Waals surface area contributed by atoms with E-state index in [-0.39, 0.29) is 5.60 Å². The lowest BCUT2D eigenvalue weighted by Gasteiger charge is -2.23. The van der Waals surface area contributed by atoms with Crippen molar-refractivity contribution in [3.8, 4) is 0 Å². The van der Waals surface area contributed by atoms with Crippen molar-refractivity contribution in [2.24, 2.45) is 7.05 Å². The molecule has 0 spiro atoms. The zero-order valence-electron chi connectivity index (χ0n) is 9.79. The number of aryl methyl sites for hydroxylation is 2. The summed E-state index contributed by atoms with van der Waals surface area (Å²) >= 11 is 1.74. The Hall–Kier alpha value is -0.870. The van der Waals surface area contributed by atoms with Crippen molar-refractivity contribution in [3.63, 3.8) is 0 Å². The van der Waals surface area contributed by atoms with Gasteiger partial charge in [0, 0.05) is 14.2 Å². The summed E-state index contributed by atoms with van der Waals surface area (Å²) in [5.41, 5.74) is 3.20. The van der Waals surface area contributed by atoms with E-state index in [0.29, 0.717) is 0 Å². The first-order valence-electron chi connectivity index (χ1n) is 4.94. The minimum absolute atomic E-state index is 0.291. The van der Waals surface area contributed by atoms with Crippen LogP contribution in [-0.4, -0.2) is 16.9 Å². The molecule has 2 heterocycles. The fourth-order valence-corrected chi connectivity index (χ4v) is 3.05. The fourth-order valence-electron chi connectivity index (χ4n) is 1.84. The Kier molecular flexibility index (Phi) is 2.35. The first kappa shape index (κ1) is 10.6. The van der Waals surface area contributed by atoms with Crippen LogP contribution in [0, 0.1) is 6.92 Å². The molecule has 82 valence electrons. The van der Waals surface area contributed by atoms with E-state index in [9.17, 15) is 0 Å². The Bertz CT molecular complexity index is 496. The molecule has 0 amide bonds. The molecular formula is C11H16N2OS. The minimum Gasteiger partial charge on any atom is -0.372 e. The van der Waals surface area contributed by atoms with Crippen LogP contribution in [0.4, 0.5) is 0 Å². The van der Waals surface area contributed by atoms with E-state index in [4.69, 9.17) is 4.74 Å². The van der Waals surface area contributed by atoms with Crippen LogP contribution in [0.2, 0.25) is 0 Å². The van der Waals surface area contributed by atoms with Crippen molar-refractivity contribution in [1.82, 2.24) is 9.78 Å². The predicted octanol–water partition coefficient (Wildman–Crippen LogP) is 2.82. The highest BCUT2D eigenvalue weighted by atomic mass is 32.1. The van der Waals surface area contributed by atoms with Crippen molar-refractivity contribution in [2.75, 3.05) is 7.11 Å². The van der Waals surface area contributed by atoms with Gasteiger partial charge >= 0.3 is 0 Å². The molecule has 15 heavy (non-hydrogen) atoms. The number of thiophene rings is 1. The second kappa shape index (κ2) is 3.32. The van der Waals surface area contributed by atoms with Crippen molar-refractivity contribution < 1.29 is 4.74 Å². The van der Waals surface area contributed by atoms with Crippen LogP contribution in [0.5, 0.6) is 0 Å². The number of hydrogen-bond acceptors (Lipinski definition) is 3. The first-order valence-corrected chi connectivity index (χ1v) is 5.81. The molecule has 0 saturated carbocycles. The third-order valence-electron chi connectivity index (χ3n) is 2.81. The summed E-state index contributed by atoms with van der Waals surface area (Å²) < 4.78 is 8.69. The smallest absolute Gasteiger partial charge is 0.106 e. The number of aromatic nitrogens is 2. The average Bonchev–Trinajstić information content (AvgIpc) is 2.66. The molecule has 0 radical (unpaired) electrons. The van der Waals surface area contributed by atoms with Crippen molar-refractivity contribution in [3.05, 3.63) is 16.6 Å². The molecule has 4 heteroatoms. The second-order valence-corrected chi connectivity index (χ2v) is 5.16. The Balaban J connectivity index is 2.74. The molecule has 2 aromatic heterocycles. The number of methoxy groups -OCH3 is 1. The number of hydrogen-bond donors (Lipinski definition) is 0. The highest BCUT2D eigenvalue weighted by Crippen LogP contribution is 2.35. The normalized spacial score (nSPS) is 12.6. The molecule has 0 aromatic carbocycles. The van der Waals surface area contributed by atoms with Gasteiger partial charge in [-0.15, -0.1) is 11.3 Å². The topological polar surface area (TPSA) is 27.1 Å². The maximum absolute atomic E-state index is 5.53. The summed E-state index contributed by atoms with van der Waals surface area (Å²) in [6, 6.07) is 0. The highest BCUT2D eigenvalue weighted by Gasteiger charge is 2.28. The van der Waals surface area contributed by atoms with Crippen LogP contribution in [0.3, 0.4) is 0 Å². The van der Waals surface area contributed by atoms with Gasteiger partial charge in [-0.05, 0) is 31.7 Å². The molecule has 0 bridgehead atoms. The standard InChI is InChI=1S/C11H16N2OS/c1-7-6-15-9-8(7)12-13(4)10(9)11(2,3)14-5/h6H,1-5H3. The van der Waals surface area contributed by atoms with Gasteiger partial charge in [0.1, 0.15) is 11.1 Å². The monoisotopic (exact) mass is 224 g/mol. The average molecular weight is 224 g/mol. The lowest BCUT2D eigenvalue weighted by molar-refractivity contribution is 0.0137. The predicted molar refractivity (Wildman–Crippen MR) is 63.4 cm³/mol. The summed E-state index contributed by atoms with van der Waals surface area (Å²) in [6.45, 7) is 6.23. The van der Waals surface area contributed by atoms with E-state index in [1.165, 1.54) is 10.3 Å². The van der Waals surface area contributed by atoms with Gasteiger partial charge in [0.2, 0.25) is 0 Å². The summed E-state index contributed by atoms with van der Waals surface area (Å²) in [5.74, 6) is 0. The Morgan fingerprint density at radius 2 is 2.13 bits per heavy atom. The van der Waals surface area contributed by atoms with Crippen LogP contribution in [0.15, 0.2) is 5.38 Å². The lowest BCUT2D eigenvalue weighted by atomic mass is 10.0. The van der Waals surface area contributed by atoms with Crippen LogP contribution >= 0.6 is 11.3 Å². The molecule has 0 fully saturated rings. The SMILES string of the molecule is COC(C)(C)c1c2scc(C)c2nn1C. The van der Waals surface area contributed by atoms with Crippen molar-refractivity contribution in [1.29, 1.82) is 0 Å². The highest BCUT2D eigenvalue weighted by molar-refractivity contribution is 7.17. The van der Waals surface area contributed by atoms with E-state index in [2.05, 4.69) is 31.2 Å². The number of fused-ring (bicyclic) bond motifs is 1. The molecule has 0 saturated heterocycles. The van der Waals surface area contributed by atoms with Crippen molar-refractivity contribution >= 4 is 21.6 Å². The molecule has 0 unspecified atom stereocenters. The molecule has 0 N–H and O–H groups in total. The van der Waals surface area contributed by atoms with E-state index in [1.807, 2.05) is 11.7 Å². The molecule has 0 aliphatic rings. The van der Waals surface area contributed by atoms with Crippen molar-refractivity contribution in [2.45, 2.75) is 26.4 Å². The second-order valence-electron chi connectivity index (χ2n) is 4.28. The molecule has 2 aromatic rings. The van der Waals surface area contributed by atoms with Crippen LogP contribution < -0.4 is 0 Å². The molecule has 0 atom stereocenters. The molecule has 0 aliphatic carbocycles. The molecule has 0 aliphatic heterocycles. The van der Waals surface area contributed by atoms with Crippen LogP contribution in [0.1, 0.15) is 25.1 Å². The fraction of sp³-hybridized carbons (Fsp3) is 0.545. The quantitative estimate of drug-likeness (QED) is 0.784. The summed E-state index contributed by atoms with van der Waals surface area (Å²) in [6.07, 6.45) is 0. The Morgan fingerprint density at radius 3 is 2.73 bits per heavy atom. The Labute approximate surface area is 93.7 Å². The van der Waals surface area contributed by atoms with Gasteiger partial charge in [-0.2, -0.15) is 5.10 Å². The van der Waals surface area contributed by atoms with Gasteiger partial charge in [-0.25, -0.2) is 0 Å². The third-order valence-corrected chi connectivity index (χ3v) is 3.91. The summed E-state index contributed by atoms with van der Waals surface area (Å²) in [4.78, 5) is 0. The first-order chi connectivity index (χ1) is 6.97. The molecule has 2 rings (SSSR count). The largest absolute Gasteiger partial charge is 0.372 e. The van der Waals surface area contributed by atoms with Gasteiger partial charge in [0.15, 0.2) is 0 Å². The van der Waals surface area contributed by atoms with Gasteiger partial charge in [-0.3, -0.25) is 4.68 Å². The Morgan fingerprint density at radius 1 is 1.47 bits per heavy atom. The zero-order chi connectivity index (χ0) is 11.2. The summed E-state index contributed by atoms with van der Waals surface area (Å²) in [5, 5.41) is 6.68.